The molecule has 1 heterocycles. The fourth-order valence-corrected chi connectivity index (χ4v) is 4.57. The topological polar surface area (TPSA) is 102 Å². The summed E-state index contributed by atoms with van der Waals surface area (Å²) in [5, 5.41) is 1.88. The van der Waals surface area contributed by atoms with E-state index >= 15 is 0 Å². The van der Waals surface area contributed by atoms with Gasteiger partial charge in [0.1, 0.15) is 31.0 Å². The predicted molar refractivity (Wildman–Crippen MR) is 161 cm³/mol. The Balaban J connectivity index is 1.58. The van der Waals surface area contributed by atoms with Crippen LogP contribution in [0.2, 0.25) is 0 Å². The van der Waals surface area contributed by atoms with E-state index in [0.29, 0.717) is 0 Å². The first-order chi connectivity index (χ1) is 20.7. The van der Waals surface area contributed by atoms with Gasteiger partial charge < -0.3 is 28.4 Å². The van der Waals surface area contributed by atoms with Crippen LogP contribution in [0.5, 0.6) is 0 Å². The minimum absolute atomic E-state index is 0.206. The predicted octanol–water partition coefficient (Wildman–Crippen LogP) is 5.74. The number of halogens is 3. The highest BCUT2D eigenvalue weighted by Gasteiger charge is 2.49. The Bertz CT molecular complexity index is 1280. The molecule has 0 radical (unpaired) electrons. The molecule has 230 valence electrons. The van der Waals surface area contributed by atoms with Gasteiger partial charge in [-0.05, 0) is 16.7 Å². The summed E-state index contributed by atoms with van der Waals surface area (Å²) in [5.74, 6) is -1.16. The van der Waals surface area contributed by atoms with Gasteiger partial charge in [-0.15, -0.1) is 0 Å². The van der Waals surface area contributed by atoms with Gasteiger partial charge in [0.05, 0.1) is 19.8 Å². The highest BCUT2D eigenvalue weighted by molar-refractivity contribution is 6.76. The quantitative estimate of drug-likeness (QED) is 0.248. The van der Waals surface area contributed by atoms with Crippen LogP contribution in [-0.4, -0.2) is 60.2 Å². The average molecular weight is 653 g/mol. The zero-order chi connectivity index (χ0) is 30.7. The number of carbonyl (C=O) groups is 2. The molecule has 1 aliphatic rings. The number of rotatable bonds is 12. The summed E-state index contributed by atoms with van der Waals surface area (Å²) in [7, 11) is 1.48. The largest absolute Gasteiger partial charge is 0.446 e. The smallest absolute Gasteiger partial charge is 0.414 e. The molecule has 12 heteroatoms. The number of carbonyl (C=O) groups excluding carboxylic acids is 2. The number of ether oxygens (including phenoxy) is 6. The molecule has 3 unspecified atom stereocenters. The minimum Gasteiger partial charge on any atom is -0.446 e. The fraction of sp³-hybridized carbons (Fsp3) is 0.355. The lowest BCUT2D eigenvalue weighted by atomic mass is 9.98. The Hall–Kier alpha value is -2.73. The number of hydrogen-bond donors (Lipinski definition) is 1. The molecule has 9 nitrogen and oxygen atoms in total. The van der Waals surface area contributed by atoms with Crippen LogP contribution in [0.15, 0.2) is 91.0 Å². The zero-order valence-corrected chi connectivity index (χ0v) is 25.5. The Kier molecular flexibility index (Phi) is 12.6. The summed E-state index contributed by atoms with van der Waals surface area (Å²) >= 11 is 16.7. The van der Waals surface area contributed by atoms with Crippen molar-refractivity contribution in [2.45, 2.75) is 54.3 Å². The van der Waals surface area contributed by atoms with E-state index in [0.717, 1.165) is 16.7 Å². The molecule has 5 atom stereocenters. The van der Waals surface area contributed by atoms with Crippen molar-refractivity contribution >= 4 is 46.8 Å². The first-order valence-electron chi connectivity index (χ1n) is 13.4. The number of amides is 2. The van der Waals surface area contributed by atoms with Gasteiger partial charge in [0.25, 0.3) is 9.70 Å². The minimum atomic E-state index is -2.34. The molecule has 0 bridgehead atoms. The van der Waals surface area contributed by atoms with Crippen molar-refractivity contribution in [3.63, 3.8) is 0 Å². The van der Waals surface area contributed by atoms with Gasteiger partial charge in [-0.25, -0.2) is 4.79 Å². The highest BCUT2D eigenvalue weighted by Crippen LogP contribution is 2.31. The van der Waals surface area contributed by atoms with E-state index in [-0.39, 0.29) is 26.4 Å². The summed E-state index contributed by atoms with van der Waals surface area (Å²) in [5.41, 5.74) is 2.79. The molecule has 43 heavy (non-hydrogen) atoms. The Morgan fingerprint density at radius 3 is 1.60 bits per heavy atom. The summed E-state index contributed by atoms with van der Waals surface area (Å²) in [6, 6.07) is 28.9. The average Bonchev–Trinajstić information content (AvgIpc) is 3.02. The van der Waals surface area contributed by atoms with Gasteiger partial charge in [-0.2, -0.15) is 0 Å². The van der Waals surface area contributed by atoms with Crippen molar-refractivity contribution in [1.82, 2.24) is 5.32 Å². The second-order valence-corrected chi connectivity index (χ2v) is 11.9. The molecule has 0 spiro atoms. The summed E-state index contributed by atoms with van der Waals surface area (Å²) in [6.45, 7) is 0.366. The van der Waals surface area contributed by atoms with Crippen molar-refractivity contribution in [1.29, 1.82) is 0 Å². The SMILES string of the molecule is CO[C@H]1OC(COC(=O)NC(=O)C(Cl)(Cl)Cl)[C@H](OCc2ccccc2)C(OCc2ccccc2)C1OCc1ccccc1. The summed E-state index contributed by atoms with van der Waals surface area (Å²) in [6.07, 6.45) is -5.19. The molecule has 1 aliphatic heterocycles. The van der Waals surface area contributed by atoms with E-state index < -0.39 is 46.5 Å². The normalized spacial score (nSPS) is 22.1. The molecule has 0 saturated carbocycles. The van der Waals surface area contributed by atoms with Crippen LogP contribution in [0.25, 0.3) is 0 Å². The van der Waals surface area contributed by atoms with Crippen molar-refractivity contribution in [2.75, 3.05) is 13.7 Å². The lowest BCUT2D eigenvalue weighted by Gasteiger charge is -2.45. The first kappa shape index (κ1) is 33.2. The molecule has 1 saturated heterocycles. The van der Waals surface area contributed by atoms with E-state index in [1.807, 2.05) is 96.3 Å². The molecular weight excluding hydrogens is 621 g/mol. The maximum atomic E-state index is 12.4. The molecular formula is C31H32Cl3NO8. The van der Waals surface area contributed by atoms with Crippen LogP contribution in [0.1, 0.15) is 16.7 Å². The number of alkyl halides is 3. The third-order valence-electron chi connectivity index (χ3n) is 6.53. The molecule has 3 aromatic rings. The Labute approximate surface area is 265 Å². The Morgan fingerprint density at radius 1 is 0.721 bits per heavy atom. The van der Waals surface area contributed by atoms with Crippen molar-refractivity contribution in [3.8, 4) is 0 Å². The maximum Gasteiger partial charge on any atom is 0.414 e. The highest BCUT2D eigenvalue weighted by atomic mass is 35.6. The van der Waals surface area contributed by atoms with Gasteiger partial charge in [-0.1, -0.05) is 126 Å². The van der Waals surface area contributed by atoms with E-state index in [2.05, 4.69) is 0 Å². The number of imide groups is 1. The van der Waals surface area contributed by atoms with E-state index in [1.165, 1.54) is 7.11 Å². The second kappa shape index (κ2) is 16.4. The Morgan fingerprint density at radius 2 is 1.16 bits per heavy atom. The van der Waals surface area contributed by atoms with Gasteiger partial charge >= 0.3 is 6.09 Å². The zero-order valence-electron chi connectivity index (χ0n) is 23.3. The lowest BCUT2D eigenvalue weighted by Crippen LogP contribution is -2.61. The third-order valence-corrected chi connectivity index (χ3v) is 7.05. The van der Waals surface area contributed by atoms with Crippen LogP contribution < -0.4 is 5.32 Å². The van der Waals surface area contributed by atoms with Crippen molar-refractivity contribution in [3.05, 3.63) is 108 Å². The van der Waals surface area contributed by atoms with E-state index in [4.69, 9.17) is 63.2 Å². The van der Waals surface area contributed by atoms with Crippen LogP contribution in [0.3, 0.4) is 0 Å². The summed E-state index contributed by atoms with van der Waals surface area (Å²) in [4.78, 5) is 24.3. The molecule has 1 fully saturated rings. The number of hydrogen-bond acceptors (Lipinski definition) is 8. The standard InChI is InChI=1S/C31H32Cl3NO8/c1-38-28-27(41-19-23-15-9-4-10-16-23)26(40-18-22-13-7-3-8-14-22)25(39-17-21-11-5-2-6-12-21)24(43-28)20-42-30(37)35-29(36)31(32,33)34/h2-16,24-28H,17-20H2,1H3,(H,35,36,37)/t24?,25-,26?,27?,28-/m0/s1. The maximum absolute atomic E-state index is 12.4. The molecule has 0 aromatic heterocycles. The van der Waals surface area contributed by atoms with Gasteiger partial charge in [0.2, 0.25) is 0 Å². The van der Waals surface area contributed by atoms with Crippen LogP contribution in [0.4, 0.5) is 4.79 Å². The van der Waals surface area contributed by atoms with E-state index in [1.54, 1.807) is 0 Å². The number of benzene rings is 3. The molecule has 1 N–H and O–H groups in total. The first-order valence-corrected chi connectivity index (χ1v) is 14.6. The fourth-order valence-electron chi connectivity index (χ4n) is 4.43. The van der Waals surface area contributed by atoms with Crippen molar-refractivity contribution in [2.24, 2.45) is 0 Å². The number of alkyl carbamates (subject to hydrolysis) is 1. The van der Waals surface area contributed by atoms with Crippen LogP contribution in [0, 0.1) is 0 Å². The van der Waals surface area contributed by atoms with Gasteiger partial charge in [-0.3, -0.25) is 10.1 Å². The number of methoxy groups -OCH3 is 1. The third kappa shape index (κ3) is 10.2. The monoisotopic (exact) mass is 651 g/mol. The van der Waals surface area contributed by atoms with Crippen molar-refractivity contribution < 1.29 is 38.0 Å². The molecule has 4 rings (SSSR count). The lowest BCUT2D eigenvalue weighted by molar-refractivity contribution is -0.321. The number of nitrogens with one attached hydrogen (secondary N) is 1. The van der Waals surface area contributed by atoms with Crippen LogP contribution in [-0.2, 0) is 53.0 Å². The van der Waals surface area contributed by atoms with E-state index in [9.17, 15) is 9.59 Å². The molecule has 2 amide bonds. The molecule has 3 aromatic carbocycles. The second-order valence-electron chi connectivity index (χ2n) is 9.61. The summed E-state index contributed by atoms with van der Waals surface area (Å²) < 4.78 is 34.1. The van der Waals surface area contributed by atoms with Gasteiger partial charge in [0.15, 0.2) is 6.29 Å². The van der Waals surface area contributed by atoms with Crippen LogP contribution >= 0.6 is 34.8 Å². The van der Waals surface area contributed by atoms with Gasteiger partial charge in [0, 0.05) is 7.11 Å². The molecule has 0 aliphatic carbocycles.